The number of ether oxygens (including phenoxy) is 2. The number of carbonyl (C=O) groups excluding carboxylic acids is 3. The van der Waals surface area contributed by atoms with Gasteiger partial charge in [0, 0.05) is 0 Å². The van der Waals surface area contributed by atoms with Gasteiger partial charge in [0.05, 0.1) is 27.5 Å². The maximum absolute atomic E-state index is 12.9. The highest BCUT2D eigenvalue weighted by atomic mass is 79.9. The van der Waals surface area contributed by atoms with Crippen LogP contribution >= 0.6 is 43.6 Å². The van der Waals surface area contributed by atoms with Crippen LogP contribution in [-0.2, 0) is 22.7 Å². The highest BCUT2D eigenvalue weighted by Crippen LogP contribution is 2.38. The smallest absolute Gasteiger partial charge is 0.373 e. The normalized spacial score (nSPS) is 14.7. The van der Waals surface area contributed by atoms with Crippen molar-refractivity contribution < 1.29 is 28.3 Å². The van der Waals surface area contributed by atoms with Gasteiger partial charge in [-0.3, -0.25) is 14.5 Å². The number of amides is 2. The Morgan fingerprint density at radius 3 is 2.47 bits per heavy atom. The standard InChI is InChI=1S/C24H17Br2NO6S/c1-31-23(29)19-8-7-16(33-19)12-27-22(28)20(34-24(27)30)11-15-9-17(25)21(18(26)10-15)32-13-14-5-3-2-4-6-14/h2-11H,12-13H2,1H3/b20-11+. The zero-order valence-electron chi connectivity index (χ0n) is 17.7. The molecule has 1 saturated heterocycles. The molecule has 0 spiro atoms. The summed E-state index contributed by atoms with van der Waals surface area (Å²) in [5.41, 5.74) is 1.75. The topological polar surface area (TPSA) is 86.0 Å². The third-order valence-corrected chi connectivity index (χ3v) is 6.87. The number of methoxy groups -OCH3 is 1. The molecule has 0 saturated carbocycles. The quantitative estimate of drug-likeness (QED) is 0.227. The van der Waals surface area contributed by atoms with Gasteiger partial charge in [-0.1, -0.05) is 30.3 Å². The number of furan rings is 1. The van der Waals surface area contributed by atoms with Gasteiger partial charge in [0.2, 0.25) is 5.76 Å². The van der Waals surface area contributed by atoms with Crippen molar-refractivity contribution in [2.45, 2.75) is 13.2 Å². The summed E-state index contributed by atoms with van der Waals surface area (Å²) in [6, 6.07) is 16.4. The molecule has 2 amide bonds. The molecule has 1 aromatic heterocycles. The molecule has 0 atom stereocenters. The lowest BCUT2D eigenvalue weighted by atomic mass is 10.2. The van der Waals surface area contributed by atoms with Crippen LogP contribution in [0, 0.1) is 0 Å². The molecule has 7 nitrogen and oxygen atoms in total. The Kier molecular flexibility index (Phi) is 7.60. The lowest BCUT2D eigenvalue weighted by Gasteiger charge is -2.12. The Balaban J connectivity index is 1.48. The van der Waals surface area contributed by atoms with Gasteiger partial charge in [-0.2, -0.15) is 0 Å². The van der Waals surface area contributed by atoms with Gasteiger partial charge in [-0.05, 0) is 85.1 Å². The summed E-state index contributed by atoms with van der Waals surface area (Å²) in [7, 11) is 1.24. The maximum Gasteiger partial charge on any atom is 0.373 e. The fourth-order valence-electron chi connectivity index (χ4n) is 3.15. The van der Waals surface area contributed by atoms with Crippen LogP contribution < -0.4 is 4.74 Å². The number of halogens is 2. The van der Waals surface area contributed by atoms with Crippen LogP contribution in [0.25, 0.3) is 6.08 Å². The average Bonchev–Trinajstić information content (AvgIpc) is 3.39. The van der Waals surface area contributed by atoms with E-state index in [0.717, 1.165) is 22.2 Å². The number of imide groups is 1. The van der Waals surface area contributed by atoms with Crippen molar-refractivity contribution in [2.75, 3.05) is 7.11 Å². The van der Waals surface area contributed by atoms with E-state index in [-0.39, 0.29) is 17.2 Å². The van der Waals surface area contributed by atoms with Gasteiger partial charge in [-0.25, -0.2) is 4.79 Å². The van der Waals surface area contributed by atoms with E-state index in [1.54, 1.807) is 6.08 Å². The molecule has 0 bridgehead atoms. The van der Waals surface area contributed by atoms with Crippen LogP contribution in [0.3, 0.4) is 0 Å². The number of carbonyl (C=O) groups is 3. The second-order valence-corrected chi connectivity index (χ2v) is 9.82. The van der Waals surface area contributed by atoms with E-state index in [2.05, 4.69) is 36.6 Å². The van der Waals surface area contributed by atoms with Crippen molar-refractivity contribution in [3.63, 3.8) is 0 Å². The molecule has 174 valence electrons. The van der Waals surface area contributed by atoms with E-state index < -0.39 is 17.1 Å². The van der Waals surface area contributed by atoms with Gasteiger partial charge in [0.15, 0.2) is 0 Å². The number of hydrogen-bond acceptors (Lipinski definition) is 7. The lowest BCUT2D eigenvalue weighted by molar-refractivity contribution is -0.123. The summed E-state index contributed by atoms with van der Waals surface area (Å²) in [6.45, 7) is 0.319. The molecule has 3 aromatic rings. The van der Waals surface area contributed by atoms with E-state index in [0.29, 0.717) is 32.6 Å². The monoisotopic (exact) mass is 605 g/mol. The molecular weight excluding hydrogens is 590 g/mol. The van der Waals surface area contributed by atoms with Gasteiger partial charge in [0.25, 0.3) is 11.1 Å². The van der Waals surface area contributed by atoms with Gasteiger partial charge >= 0.3 is 5.97 Å². The van der Waals surface area contributed by atoms with E-state index in [1.807, 2.05) is 42.5 Å². The molecular formula is C24H17Br2NO6S. The Morgan fingerprint density at radius 2 is 1.79 bits per heavy atom. The van der Waals surface area contributed by atoms with E-state index >= 15 is 0 Å². The highest BCUT2D eigenvalue weighted by molar-refractivity contribution is 9.11. The number of nitrogens with zero attached hydrogens (tertiary/aromatic N) is 1. The molecule has 2 heterocycles. The summed E-state index contributed by atoms with van der Waals surface area (Å²) < 4.78 is 17.3. The SMILES string of the molecule is COC(=O)c1ccc(CN2C(=O)S/C(=C/c3cc(Br)c(OCc4ccccc4)c(Br)c3)C2=O)o1. The molecule has 1 aliphatic heterocycles. The second-order valence-electron chi connectivity index (χ2n) is 7.11. The zero-order chi connectivity index (χ0) is 24.2. The molecule has 10 heteroatoms. The summed E-state index contributed by atoms with van der Waals surface area (Å²) >= 11 is 7.88. The Hall–Kier alpha value is -2.82. The molecule has 0 aliphatic carbocycles. The van der Waals surface area contributed by atoms with Gasteiger partial charge < -0.3 is 13.9 Å². The van der Waals surface area contributed by atoms with Crippen LogP contribution in [0.15, 0.2) is 72.9 Å². The predicted octanol–water partition coefficient (Wildman–Crippen LogP) is 6.41. The number of benzene rings is 2. The van der Waals surface area contributed by atoms with Crippen LogP contribution in [0.1, 0.15) is 27.4 Å². The first-order valence-corrected chi connectivity index (χ1v) is 12.3. The largest absolute Gasteiger partial charge is 0.487 e. The number of thioether (sulfide) groups is 1. The second kappa shape index (κ2) is 10.6. The van der Waals surface area contributed by atoms with Crippen molar-refractivity contribution in [1.29, 1.82) is 0 Å². The fourth-order valence-corrected chi connectivity index (χ4v) is 5.44. The summed E-state index contributed by atoms with van der Waals surface area (Å²) in [4.78, 5) is 38.2. The summed E-state index contributed by atoms with van der Waals surface area (Å²) in [5, 5.41) is -0.423. The summed E-state index contributed by atoms with van der Waals surface area (Å²) in [6.07, 6.45) is 1.64. The predicted molar refractivity (Wildman–Crippen MR) is 134 cm³/mol. The molecule has 2 aromatic carbocycles. The van der Waals surface area contributed by atoms with Crippen LogP contribution in [0.5, 0.6) is 5.75 Å². The highest BCUT2D eigenvalue weighted by Gasteiger charge is 2.36. The van der Waals surface area contributed by atoms with Crippen LogP contribution in [0.4, 0.5) is 4.79 Å². The van der Waals surface area contributed by atoms with Crippen LogP contribution in [0.2, 0.25) is 0 Å². The zero-order valence-corrected chi connectivity index (χ0v) is 21.7. The molecule has 4 rings (SSSR count). The Bertz CT molecular complexity index is 1260. The molecule has 0 radical (unpaired) electrons. The summed E-state index contributed by atoms with van der Waals surface area (Å²) in [5.74, 6) is -0.137. The first-order chi connectivity index (χ1) is 16.4. The maximum atomic E-state index is 12.9. The van der Waals surface area contributed by atoms with Crippen molar-refractivity contribution >= 4 is 66.8 Å². The van der Waals surface area contributed by atoms with Crippen molar-refractivity contribution in [1.82, 2.24) is 4.90 Å². The van der Waals surface area contributed by atoms with Gasteiger partial charge in [0.1, 0.15) is 18.1 Å². The van der Waals surface area contributed by atoms with E-state index in [1.165, 1.54) is 19.2 Å². The van der Waals surface area contributed by atoms with Gasteiger partial charge in [-0.15, -0.1) is 0 Å². The number of rotatable bonds is 7. The minimum absolute atomic E-state index is 0.00397. The number of esters is 1. The van der Waals surface area contributed by atoms with Crippen molar-refractivity contribution in [3.05, 3.63) is 91.1 Å². The Morgan fingerprint density at radius 1 is 1.09 bits per heavy atom. The molecule has 0 unspecified atom stereocenters. The van der Waals surface area contributed by atoms with Crippen molar-refractivity contribution in [3.8, 4) is 5.75 Å². The third-order valence-electron chi connectivity index (χ3n) is 4.78. The lowest BCUT2D eigenvalue weighted by Crippen LogP contribution is -2.27. The van der Waals surface area contributed by atoms with E-state index in [9.17, 15) is 14.4 Å². The van der Waals surface area contributed by atoms with Crippen molar-refractivity contribution in [2.24, 2.45) is 0 Å². The van der Waals surface area contributed by atoms with Crippen LogP contribution in [-0.4, -0.2) is 29.1 Å². The third kappa shape index (κ3) is 5.45. The molecule has 0 N–H and O–H groups in total. The fraction of sp³-hybridized carbons (Fsp3) is 0.125. The molecule has 34 heavy (non-hydrogen) atoms. The first kappa shape index (κ1) is 24.3. The number of hydrogen-bond donors (Lipinski definition) is 0. The average molecular weight is 607 g/mol. The minimum Gasteiger partial charge on any atom is -0.487 e. The first-order valence-electron chi connectivity index (χ1n) is 9.94. The Labute approximate surface area is 216 Å². The minimum atomic E-state index is -0.632. The molecule has 1 fully saturated rings. The van der Waals surface area contributed by atoms with E-state index in [4.69, 9.17) is 9.15 Å². The molecule has 1 aliphatic rings.